The minimum absolute atomic E-state index is 0.0163. The molecular weight excluding hydrogens is 226 g/mol. The molecule has 0 aromatic carbocycles. The van der Waals surface area contributed by atoms with Crippen LogP contribution >= 0.6 is 0 Å². The predicted molar refractivity (Wildman–Crippen MR) is 72.9 cm³/mol. The maximum Gasteiger partial charge on any atom is 0.239 e. The third-order valence-corrected chi connectivity index (χ3v) is 2.91. The highest BCUT2D eigenvalue weighted by molar-refractivity contribution is 5.81. The Bertz CT molecular complexity index is 392. The van der Waals surface area contributed by atoms with E-state index < -0.39 is 0 Å². The number of aryl methyl sites for hydroxylation is 1. The normalized spacial score (nSPS) is 12.2. The lowest BCUT2D eigenvalue weighted by atomic mass is 10.1. The van der Waals surface area contributed by atoms with Gasteiger partial charge in [0.25, 0.3) is 0 Å². The number of nitrogens with zero attached hydrogens (tertiary/aromatic N) is 2. The molecule has 1 atom stereocenters. The van der Waals surface area contributed by atoms with Crippen LogP contribution in [0.4, 0.5) is 0 Å². The molecule has 1 amide bonds. The number of nitrogens with two attached hydrogens (primary N) is 1. The van der Waals surface area contributed by atoms with Crippen molar-refractivity contribution >= 4 is 5.91 Å². The molecule has 2 N–H and O–H groups in total. The standard InChI is InChI=1S/C14H23N3O/c1-4-7-13(15)14(18)17(5-2)10-12-9-6-8-11(3)16-12/h6,8-9,13H,4-5,7,10,15H2,1-3H3/t13-/m0/s1. The van der Waals surface area contributed by atoms with Gasteiger partial charge in [-0.05, 0) is 32.4 Å². The second-order valence-corrected chi connectivity index (χ2v) is 4.52. The average molecular weight is 249 g/mol. The van der Waals surface area contributed by atoms with Gasteiger partial charge in [-0.25, -0.2) is 0 Å². The highest BCUT2D eigenvalue weighted by Crippen LogP contribution is 2.06. The smallest absolute Gasteiger partial charge is 0.239 e. The highest BCUT2D eigenvalue weighted by Gasteiger charge is 2.19. The summed E-state index contributed by atoms with van der Waals surface area (Å²) in [5, 5.41) is 0. The lowest BCUT2D eigenvalue weighted by molar-refractivity contribution is -0.133. The quantitative estimate of drug-likeness (QED) is 0.837. The van der Waals surface area contributed by atoms with E-state index in [9.17, 15) is 4.79 Å². The zero-order valence-corrected chi connectivity index (χ0v) is 11.5. The molecule has 0 aliphatic carbocycles. The fraction of sp³-hybridized carbons (Fsp3) is 0.571. The van der Waals surface area contributed by atoms with Gasteiger partial charge in [-0.1, -0.05) is 19.4 Å². The zero-order valence-electron chi connectivity index (χ0n) is 11.5. The minimum Gasteiger partial charge on any atom is -0.336 e. The van der Waals surface area contributed by atoms with Gasteiger partial charge in [0.2, 0.25) is 5.91 Å². The Morgan fingerprint density at radius 1 is 1.44 bits per heavy atom. The molecular formula is C14H23N3O. The summed E-state index contributed by atoms with van der Waals surface area (Å²) in [5.74, 6) is 0.0163. The summed E-state index contributed by atoms with van der Waals surface area (Å²) in [6.07, 6.45) is 1.66. The number of rotatable bonds is 6. The van der Waals surface area contributed by atoms with E-state index >= 15 is 0 Å². The van der Waals surface area contributed by atoms with Crippen LogP contribution in [0.25, 0.3) is 0 Å². The van der Waals surface area contributed by atoms with Crippen LogP contribution in [0.3, 0.4) is 0 Å². The van der Waals surface area contributed by atoms with Crippen LogP contribution in [0, 0.1) is 6.92 Å². The SMILES string of the molecule is CCC[C@H](N)C(=O)N(CC)Cc1cccc(C)n1. The van der Waals surface area contributed by atoms with Gasteiger partial charge in [0.05, 0.1) is 18.3 Å². The van der Waals surface area contributed by atoms with Crippen LogP contribution in [0.15, 0.2) is 18.2 Å². The van der Waals surface area contributed by atoms with Gasteiger partial charge < -0.3 is 10.6 Å². The number of amides is 1. The molecule has 0 aliphatic heterocycles. The Morgan fingerprint density at radius 3 is 2.72 bits per heavy atom. The first kappa shape index (κ1) is 14.6. The van der Waals surface area contributed by atoms with Gasteiger partial charge in [0.1, 0.15) is 0 Å². The van der Waals surface area contributed by atoms with Gasteiger partial charge >= 0.3 is 0 Å². The monoisotopic (exact) mass is 249 g/mol. The number of carbonyl (C=O) groups is 1. The van der Waals surface area contributed by atoms with Gasteiger partial charge in [-0.15, -0.1) is 0 Å². The first-order chi connectivity index (χ1) is 8.58. The fourth-order valence-corrected chi connectivity index (χ4v) is 1.90. The van der Waals surface area contributed by atoms with E-state index in [0.717, 1.165) is 24.2 Å². The van der Waals surface area contributed by atoms with Gasteiger partial charge in [-0.2, -0.15) is 0 Å². The molecule has 1 aromatic rings. The van der Waals surface area contributed by atoms with Crippen LogP contribution in [-0.2, 0) is 11.3 Å². The molecule has 1 heterocycles. The maximum atomic E-state index is 12.1. The lowest BCUT2D eigenvalue weighted by Crippen LogP contribution is -2.43. The number of aromatic nitrogens is 1. The van der Waals surface area contributed by atoms with Gasteiger partial charge in [-0.3, -0.25) is 9.78 Å². The van der Waals surface area contributed by atoms with E-state index in [-0.39, 0.29) is 11.9 Å². The van der Waals surface area contributed by atoms with Crippen molar-refractivity contribution in [2.45, 2.75) is 46.2 Å². The van der Waals surface area contributed by atoms with Crippen molar-refractivity contribution in [2.75, 3.05) is 6.54 Å². The van der Waals surface area contributed by atoms with Crippen LogP contribution in [-0.4, -0.2) is 28.4 Å². The van der Waals surface area contributed by atoms with E-state index in [4.69, 9.17) is 5.73 Å². The van der Waals surface area contributed by atoms with Crippen molar-refractivity contribution in [1.29, 1.82) is 0 Å². The molecule has 0 aliphatic rings. The van der Waals surface area contributed by atoms with Gasteiger partial charge in [0, 0.05) is 12.2 Å². The molecule has 1 aromatic heterocycles. The van der Waals surface area contributed by atoms with Crippen LogP contribution in [0.2, 0.25) is 0 Å². The first-order valence-electron chi connectivity index (χ1n) is 6.55. The summed E-state index contributed by atoms with van der Waals surface area (Å²) in [5.41, 5.74) is 7.75. The predicted octanol–water partition coefficient (Wildman–Crippen LogP) is 1.87. The molecule has 0 radical (unpaired) electrons. The summed E-state index contributed by atoms with van der Waals surface area (Å²) < 4.78 is 0. The summed E-state index contributed by atoms with van der Waals surface area (Å²) in [7, 11) is 0. The maximum absolute atomic E-state index is 12.1. The molecule has 0 bridgehead atoms. The number of hydrogen-bond donors (Lipinski definition) is 1. The Morgan fingerprint density at radius 2 is 2.17 bits per heavy atom. The number of likely N-dealkylation sites (N-methyl/N-ethyl adjacent to an activating group) is 1. The lowest BCUT2D eigenvalue weighted by Gasteiger charge is -2.24. The van der Waals surface area contributed by atoms with E-state index in [1.807, 2.05) is 39.0 Å². The topological polar surface area (TPSA) is 59.2 Å². The average Bonchev–Trinajstić information content (AvgIpc) is 2.35. The summed E-state index contributed by atoms with van der Waals surface area (Å²) >= 11 is 0. The van der Waals surface area contributed by atoms with Crippen molar-refractivity contribution in [2.24, 2.45) is 5.73 Å². The zero-order chi connectivity index (χ0) is 13.5. The van der Waals surface area contributed by atoms with Crippen molar-refractivity contribution < 1.29 is 4.79 Å². The van der Waals surface area contributed by atoms with Crippen LogP contribution < -0.4 is 5.73 Å². The Kier molecular flexibility index (Phi) is 5.78. The second-order valence-electron chi connectivity index (χ2n) is 4.52. The van der Waals surface area contributed by atoms with Crippen molar-refractivity contribution in [1.82, 2.24) is 9.88 Å². The molecule has 0 spiro atoms. The molecule has 0 saturated carbocycles. The molecule has 1 rings (SSSR count). The van der Waals surface area contributed by atoms with Crippen molar-refractivity contribution in [3.63, 3.8) is 0 Å². The van der Waals surface area contributed by atoms with E-state index in [0.29, 0.717) is 13.1 Å². The molecule has 4 heteroatoms. The molecule has 0 saturated heterocycles. The fourth-order valence-electron chi connectivity index (χ4n) is 1.90. The summed E-state index contributed by atoms with van der Waals surface area (Å²) in [4.78, 5) is 18.3. The minimum atomic E-state index is -0.389. The van der Waals surface area contributed by atoms with Crippen molar-refractivity contribution in [3.8, 4) is 0 Å². The Hall–Kier alpha value is -1.42. The first-order valence-corrected chi connectivity index (χ1v) is 6.55. The van der Waals surface area contributed by atoms with Gasteiger partial charge in [0.15, 0.2) is 0 Å². The van der Waals surface area contributed by atoms with E-state index in [1.54, 1.807) is 4.90 Å². The third kappa shape index (κ3) is 4.11. The largest absolute Gasteiger partial charge is 0.336 e. The Labute approximate surface area is 109 Å². The summed E-state index contributed by atoms with van der Waals surface area (Å²) in [6, 6.07) is 5.46. The highest BCUT2D eigenvalue weighted by atomic mass is 16.2. The molecule has 0 unspecified atom stereocenters. The van der Waals surface area contributed by atoms with E-state index in [2.05, 4.69) is 4.98 Å². The number of carbonyl (C=O) groups excluding carboxylic acids is 1. The number of hydrogen-bond acceptors (Lipinski definition) is 3. The summed E-state index contributed by atoms with van der Waals surface area (Å²) in [6.45, 7) is 7.14. The van der Waals surface area contributed by atoms with Crippen molar-refractivity contribution in [3.05, 3.63) is 29.6 Å². The van der Waals surface area contributed by atoms with Crippen LogP contribution in [0.1, 0.15) is 38.1 Å². The third-order valence-electron chi connectivity index (χ3n) is 2.91. The molecule has 4 nitrogen and oxygen atoms in total. The molecule has 100 valence electrons. The number of pyridine rings is 1. The molecule has 0 fully saturated rings. The molecule has 18 heavy (non-hydrogen) atoms. The van der Waals surface area contributed by atoms with E-state index in [1.165, 1.54) is 0 Å². The van der Waals surface area contributed by atoms with Crippen LogP contribution in [0.5, 0.6) is 0 Å². The Balaban J connectivity index is 2.69. The second kappa shape index (κ2) is 7.11.